The number of likely N-dealkylation sites (N-methyl/N-ethyl adjacent to an activating group) is 1. The molecule has 3 rings (SSSR count). The number of fused-ring (bicyclic) bond motifs is 1. The van der Waals surface area contributed by atoms with Crippen LogP contribution < -0.4 is 0 Å². The minimum atomic E-state index is 0.225. The Bertz CT molecular complexity index is 534. The lowest BCUT2D eigenvalue weighted by atomic mass is 9.77. The van der Waals surface area contributed by atoms with E-state index in [2.05, 4.69) is 24.0 Å². The van der Waals surface area contributed by atoms with E-state index in [1.54, 1.807) is 12.4 Å². The highest BCUT2D eigenvalue weighted by atomic mass is 16.5. The van der Waals surface area contributed by atoms with Crippen LogP contribution in [0.25, 0.3) is 0 Å². The average Bonchev–Trinajstić information content (AvgIpc) is 2.97. The summed E-state index contributed by atoms with van der Waals surface area (Å²) in [6, 6.07) is 4.31. The van der Waals surface area contributed by atoms with E-state index in [4.69, 9.17) is 4.74 Å². The maximum absolute atomic E-state index is 12.6. The van der Waals surface area contributed by atoms with Gasteiger partial charge in [-0.3, -0.25) is 9.78 Å². The van der Waals surface area contributed by atoms with Crippen LogP contribution in [0.4, 0.5) is 0 Å². The summed E-state index contributed by atoms with van der Waals surface area (Å²) in [6.07, 6.45) is 6.43. The lowest BCUT2D eigenvalue weighted by molar-refractivity contribution is -0.129. The van der Waals surface area contributed by atoms with Gasteiger partial charge in [0, 0.05) is 38.6 Å². The molecule has 4 atom stereocenters. The molecule has 126 valence electrons. The zero-order valence-electron chi connectivity index (χ0n) is 14.3. The quantitative estimate of drug-likeness (QED) is 0.843. The van der Waals surface area contributed by atoms with Crippen molar-refractivity contribution < 1.29 is 9.53 Å². The van der Waals surface area contributed by atoms with E-state index in [0.717, 1.165) is 31.5 Å². The fourth-order valence-corrected chi connectivity index (χ4v) is 4.18. The van der Waals surface area contributed by atoms with Crippen LogP contribution in [-0.4, -0.2) is 67.1 Å². The predicted octanol–water partition coefficient (Wildman–Crippen LogP) is 1.44. The molecule has 23 heavy (non-hydrogen) atoms. The molecule has 1 aliphatic carbocycles. The molecule has 2 fully saturated rings. The third kappa shape index (κ3) is 3.56. The summed E-state index contributed by atoms with van der Waals surface area (Å²) in [7, 11) is 6.05. The van der Waals surface area contributed by atoms with Gasteiger partial charge in [-0.15, -0.1) is 0 Å². The van der Waals surface area contributed by atoms with Crippen LogP contribution in [0.15, 0.2) is 24.5 Å². The summed E-state index contributed by atoms with van der Waals surface area (Å²) < 4.78 is 5.71. The lowest BCUT2D eigenvalue weighted by Gasteiger charge is -2.40. The van der Waals surface area contributed by atoms with E-state index in [-0.39, 0.29) is 12.0 Å². The summed E-state index contributed by atoms with van der Waals surface area (Å²) in [6.45, 7) is 1.77. The number of aromatic nitrogens is 1. The van der Waals surface area contributed by atoms with Gasteiger partial charge >= 0.3 is 0 Å². The molecule has 1 aliphatic heterocycles. The Morgan fingerprint density at radius 1 is 1.35 bits per heavy atom. The van der Waals surface area contributed by atoms with E-state index in [1.807, 2.05) is 24.1 Å². The number of amides is 1. The molecule has 1 aromatic rings. The van der Waals surface area contributed by atoms with Crippen LogP contribution >= 0.6 is 0 Å². The van der Waals surface area contributed by atoms with Gasteiger partial charge in [0.25, 0.3) is 0 Å². The van der Waals surface area contributed by atoms with Crippen molar-refractivity contribution in [2.45, 2.75) is 31.4 Å². The Balaban J connectivity index is 1.62. The molecular weight excluding hydrogens is 290 g/mol. The molecule has 0 bridgehead atoms. The second-order valence-corrected chi connectivity index (χ2v) is 7.13. The zero-order valence-corrected chi connectivity index (χ0v) is 14.3. The molecule has 1 amide bonds. The normalized spacial score (nSPS) is 30.5. The number of pyridine rings is 1. The minimum Gasteiger partial charge on any atom is -0.380 e. The molecule has 0 unspecified atom stereocenters. The number of carbonyl (C=O) groups excluding carboxylic acids is 1. The van der Waals surface area contributed by atoms with Gasteiger partial charge in [0.05, 0.1) is 12.5 Å². The van der Waals surface area contributed by atoms with E-state index < -0.39 is 0 Å². The first-order valence-corrected chi connectivity index (χ1v) is 8.44. The van der Waals surface area contributed by atoms with Crippen molar-refractivity contribution in [1.82, 2.24) is 14.8 Å². The standard InChI is InChI=1S/C18H27N3O2/c1-20(2)16-8-14-11-21(12-15(14)9-17(16)23-3)18(22)7-13-5-4-6-19-10-13/h4-6,10,14-17H,7-9,11-12H2,1-3H3/t14-,15+,16-,17-/m1/s1. The van der Waals surface area contributed by atoms with Crippen molar-refractivity contribution in [1.29, 1.82) is 0 Å². The van der Waals surface area contributed by atoms with Crippen LogP contribution in [0.3, 0.4) is 0 Å². The van der Waals surface area contributed by atoms with Gasteiger partial charge in [0.2, 0.25) is 5.91 Å². The van der Waals surface area contributed by atoms with Crippen LogP contribution in [0.5, 0.6) is 0 Å². The van der Waals surface area contributed by atoms with Crippen molar-refractivity contribution in [3.05, 3.63) is 30.1 Å². The van der Waals surface area contributed by atoms with Gasteiger partial charge in [-0.1, -0.05) is 6.07 Å². The molecule has 0 aromatic carbocycles. The smallest absolute Gasteiger partial charge is 0.227 e. The number of carbonyl (C=O) groups is 1. The third-order valence-electron chi connectivity index (χ3n) is 5.48. The largest absolute Gasteiger partial charge is 0.380 e. The molecule has 1 saturated carbocycles. The van der Waals surface area contributed by atoms with Crippen molar-refractivity contribution in [2.24, 2.45) is 11.8 Å². The molecule has 5 nitrogen and oxygen atoms in total. The molecular formula is C18H27N3O2. The van der Waals surface area contributed by atoms with Gasteiger partial charge < -0.3 is 14.5 Å². The van der Waals surface area contributed by atoms with Crippen molar-refractivity contribution in [3.63, 3.8) is 0 Å². The topological polar surface area (TPSA) is 45.7 Å². The summed E-state index contributed by atoms with van der Waals surface area (Å²) in [4.78, 5) is 21.0. The number of methoxy groups -OCH3 is 1. The zero-order chi connectivity index (χ0) is 16.4. The Morgan fingerprint density at radius 2 is 2.09 bits per heavy atom. The molecule has 2 aliphatic rings. The van der Waals surface area contributed by atoms with Crippen molar-refractivity contribution in [3.8, 4) is 0 Å². The third-order valence-corrected chi connectivity index (χ3v) is 5.48. The maximum atomic E-state index is 12.6. The van der Waals surface area contributed by atoms with E-state index in [1.165, 1.54) is 0 Å². The number of nitrogens with zero attached hydrogens (tertiary/aromatic N) is 3. The number of hydrogen-bond donors (Lipinski definition) is 0. The molecule has 1 saturated heterocycles. The average molecular weight is 317 g/mol. The number of hydrogen-bond acceptors (Lipinski definition) is 4. The van der Waals surface area contributed by atoms with Crippen molar-refractivity contribution >= 4 is 5.91 Å². The van der Waals surface area contributed by atoms with Crippen LogP contribution in [0, 0.1) is 11.8 Å². The van der Waals surface area contributed by atoms with Gasteiger partial charge in [-0.25, -0.2) is 0 Å². The second kappa shape index (κ2) is 6.97. The summed E-state index contributed by atoms with van der Waals surface area (Å²) in [5.74, 6) is 1.41. The number of rotatable bonds is 4. The molecule has 5 heteroatoms. The van der Waals surface area contributed by atoms with Gasteiger partial charge in [0.1, 0.15) is 0 Å². The van der Waals surface area contributed by atoms with Crippen LogP contribution in [0.1, 0.15) is 18.4 Å². The lowest BCUT2D eigenvalue weighted by Crippen LogP contribution is -2.47. The predicted molar refractivity (Wildman–Crippen MR) is 89.0 cm³/mol. The fourth-order valence-electron chi connectivity index (χ4n) is 4.18. The first kappa shape index (κ1) is 16.4. The number of likely N-dealkylation sites (tertiary alicyclic amines) is 1. The molecule has 1 aromatic heterocycles. The number of ether oxygens (including phenoxy) is 1. The highest BCUT2D eigenvalue weighted by Crippen LogP contribution is 2.38. The Hall–Kier alpha value is -1.46. The van der Waals surface area contributed by atoms with E-state index >= 15 is 0 Å². The van der Waals surface area contributed by atoms with Gasteiger partial charge in [-0.2, -0.15) is 0 Å². The van der Waals surface area contributed by atoms with E-state index in [9.17, 15) is 4.79 Å². The highest BCUT2D eigenvalue weighted by Gasteiger charge is 2.44. The van der Waals surface area contributed by atoms with Crippen LogP contribution in [0.2, 0.25) is 0 Å². The first-order valence-electron chi connectivity index (χ1n) is 8.44. The first-order chi connectivity index (χ1) is 11.1. The second-order valence-electron chi connectivity index (χ2n) is 7.13. The van der Waals surface area contributed by atoms with E-state index in [0.29, 0.717) is 24.3 Å². The summed E-state index contributed by atoms with van der Waals surface area (Å²) in [5, 5.41) is 0. The molecule has 0 N–H and O–H groups in total. The highest BCUT2D eigenvalue weighted by molar-refractivity contribution is 5.79. The monoisotopic (exact) mass is 317 g/mol. The maximum Gasteiger partial charge on any atom is 0.227 e. The summed E-state index contributed by atoms with van der Waals surface area (Å²) in [5.41, 5.74) is 0.994. The molecule has 0 spiro atoms. The van der Waals surface area contributed by atoms with Gasteiger partial charge in [0.15, 0.2) is 0 Å². The van der Waals surface area contributed by atoms with Crippen LogP contribution in [-0.2, 0) is 16.0 Å². The van der Waals surface area contributed by atoms with Gasteiger partial charge in [-0.05, 0) is 50.4 Å². The summed E-state index contributed by atoms with van der Waals surface area (Å²) >= 11 is 0. The molecule has 2 heterocycles. The Morgan fingerprint density at radius 3 is 2.70 bits per heavy atom. The Kier molecular flexibility index (Phi) is 4.97. The molecule has 0 radical (unpaired) electrons. The Labute approximate surface area is 138 Å². The fraction of sp³-hybridized carbons (Fsp3) is 0.667. The van der Waals surface area contributed by atoms with Crippen molar-refractivity contribution in [2.75, 3.05) is 34.3 Å². The minimum absolute atomic E-state index is 0.225. The SMILES string of the molecule is CO[C@@H]1C[C@H]2CN(C(=O)Cc3cccnc3)C[C@H]2C[C@H]1N(C)C.